The smallest absolute Gasteiger partial charge is 0.293 e. The summed E-state index contributed by atoms with van der Waals surface area (Å²) in [5.41, 5.74) is 0.423. The standard InChI is InChI=1S/C14H21N3O3/c1-5-14(3,6-2)16-11-8-7-10(13(18)15-4)9-12(11)17(19)20/h7-9,16H,5-6H2,1-4H3,(H,15,18). The Morgan fingerprint density at radius 3 is 2.40 bits per heavy atom. The Hall–Kier alpha value is -2.11. The van der Waals surface area contributed by atoms with Gasteiger partial charge in [0.25, 0.3) is 11.6 Å². The molecule has 0 radical (unpaired) electrons. The van der Waals surface area contributed by atoms with Crippen molar-refractivity contribution in [2.24, 2.45) is 0 Å². The van der Waals surface area contributed by atoms with Gasteiger partial charge in [-0.15, -0.1) is 0 Å². The monoisotopic (exact) mass is 279 g/mol. The molecular formula is C14H21N3O3. The number of amides is 1. The molecule has 0 fully saturated rings. The summed E-state index contributed by atoms with van der Waals surface area (Å²) in [4.78, 5) is 22.3. The topological polar surface area (TPSA) is 84.3 Å². The quantitative estimate of drug-likeness (QED) is 0.619. The molecule has 2 N–H and O–H groups in total. The van der Waals surface area contributed by atoms with Crippen LogP contribution in [0, 0.1) is 10.1 Å². The molecule has 6 heteroatoms. The highest BCUT2D eigenvalue weighted by molar-refractivity contribution is 5.95. The molecule has 1 aromatic rings. The number of carbonyl (C=O) groups is 1. The van der Waals surface area contributed by atoms with Crippen LogP contribution in [0.5, 0.6) is 0 Å². The van der Waals surface area contributed by atoms with E-state index in [2.05, 4.69) is 10.6 Å². The van der Waals surface area contributed by atoms with Gasteiger partial charge >= 0.3 is 0 Å². The van der Waals surface area contributed by atoms with Crippen LogP contribution in [-0.4, -0.2) is 23.4 Å². The lowest BCUT2D eigenvalue weighted by Crippen LogP contribution is -2.33. The third-order valence-electron chi connectivity index (χ3n) is 3.68. The van der Waals surface area contributed by atoms with Crippen LogP contribution in [0.4, 0.5) is 11.4 Å². The molecule has 1 amide bonds. The number of hydrogen-bond donors (Lipinski definition) is 2. The Labute approximate surface area is 118 Å². The summed E-state index contributed by atoms with van der Waals surface area (Å²) in [6.45, 7) is 6.08. The predicted octanol–water partition coefficient (Wildman–Crippen LogP) is 2.95. The molecule has 0 saturated heterocycles. The molecule has 0 aliphatic carbocycles. The van der Waals surface area contributed by atoms with Crippen LogP contribution in [0.25, 0.3) is 0 Å². The van der Waals surface area contributed by atoms with Crippen LogP contribution >= 0.6 is 0 Å². The molecule has 0 heterocycles. The zero-order chi connectivity index (χ0) is 15.3. The van der Waals surface area contributed by atoms with Crippen molar-refractivity contribution < 1.29 is 9.72 Å². The first-order valence-electron chi connectivity index (χ1n) is 6.65. The van der Waals surface area contributed by atoms with Crippen molar-refractivity contribution in [1.82, 2.24) is 5.32 Å². The Balaban J connectivity index is 3.20. The molecule has 0 atom stereocenters. The Morgan fingerprint density at radius 2 is 1.95 bits per heavy atom. The van der Waals surface area contributed by atoms with Crippen LogP contribution in [0.15, 0.2) is 18.2 Å². The van der Waals surface area contributed by atoms with Gasteiger partial charge in [0.15, 0.2) is 0 Å². The van der Waals surface area contributed by atoms with E-state index < -0.39 is 4.92 Å². The van der Waals surface area contributed by atoms with Crippen molar-refractivity contribution in [2.45, 2.75) is 39.2 Å². The molecule has 0 bridgehead atoms. The third kappa shape index (κ3) is 3.46. The fourth-order valence-corrected chi connectivity index (χ4v) is 1.83. The number of carbonyl (C=O) groups excluding carboxylic acids is 1. The maximum absolute atomic E-state index is 11.5. The molecule has 1 rings (SSSR count). The van der Waals surface area contributed by atoms with Crippen LogP contribution in [0.2, 0.25) is 0 Å². The van der Waals surface area contributed by atoms with Crippen molar-refractivity contribution in [3.63, 3.8) is 0 Å². The van der Waals surface area contributed by atoms with Crippen molar-refractivity contribution >= 4 is 17.3 Å². The van der Waals surface area contributed by atoms with Crippen LogP contribution < -0.4 is 10.6 Å². The van der Waals surface area contributed by atoms with E-state index in [1.165, 1.54) is 13.1 Å². The second-order valence-corrected chi connectivity index (χ2v) is 4.96. The van der Waals surface area contributed by atoms with Crippen molar-refractivity contribution in [3.8, 4) is 0 Å². The molecule has 0 aliphatic heterocycles. The minimum atomic E-state index is -0.472. The molecule has 0 aliphatic rings. The van der Waals surface area contributed by atoms with Gasteiger partial charge in [0.1, 0.15) is 5.69 Å². The van der Waals surface area contributed by atoms with E-state index in [4.69, 9.17) is 0 Å². The fourth-order valence-electron chi connectivity index (χ4n) is 1.83. The van der Waals surface area contributed by atoms with E-state index in [-0.39, 0.29) is 22.7 Å². The summed E-state index contributed by atoms with van der Waals surface area (Å²) < 4.78 is 0. The van der Waals surface area contributed by atoms with Gasteiger partial charge in [0.2, 0.25) is 0 Å². The molecule has 0 saturated carbocycles. The summed E-state index contributed by atoms with van der Waals surface area (Å²) in [6.07, 6.45) is 1.69. The SMILES string of the molecule is CCC(C)(CC)Nc1ccc(C(=O)NC)cc1[N+](=O)[O-]. The molecule has 20 heavy (non-hydrogen) atoms. The van der Waals surface area contributed by atoms with E-state index in [0.717, 1.165) is 12.8 Å². The molecule has 1 aromatic carbocycles. The molecule has 6 nitrogen and oxygen atoms in total. The normalized spacial score (nSPS) is 11.0. The average Bonchev–Trinajstić information content (AvgIpc) is 2.46. The van der Waals surface area contributed by atoms with E-state index in [0.29, 0.717) is 5.69 Å². The lowest BCUT2D eigenvalue weighted by Gasteiger charge is -2.29. The number of nitrogens with zero attached hydrogens (tertiary/aromatic N) is 1. The highest BCUT2D eigenvalue weighted by Crippen LogP contribution is 2.30. The number of nitro groups is 1. The van der Waals surface area contributed by atoms with Gasteiger partial charge in [-0.25, -0.2) is 0 Å². The molecule has 110 valence electrons. The first kappa shape index (κ1) is 15.9. The van der Waals surface area contributed by atoms with E-state index in [9.17, 15) is 14.9 Å². The number of nitrogens with one attached hydrogen (secondary N) is 2. The zero-order valence-corrected chi connectivity index (χ0v) is 12.3. The second kappa shape index (κ2) is 6.36. The predicted molar refractivity (Wildman–Crippen MR) is 79.1 cm³/mol. The first-order chi connectivity index (χ1) is 9.36. The molecular weight excluding hydrogens is 258 g/mol. The summed E-state index contributed by atoms with van der Waals surface area (Å²) in [5, 5.41) is 16.9. The zero-order valence-electron chi connectivity index (χ0n) is 12.3. The number of rotatable bonds is 6. The summed E-state index contributed by atoms with van der Waals surface area (Å²) in [7, 11) is 1.49. The maximum atomic E-state index is 11.5. The van der Waals surface area contributed by atoms with Gasteiger partial charge in [-0.3, -0.25) is 14.9 Å². The first-order valence-corrected chi connectivity index (χ1v) is 6.65. The minimum absolute atomic E-state index is 0.0841. The van der Waals surface area contributed by atoms with E-state index >= 15 is 0 Å². The maximum Gasteiger partial charge on any atom is 0.293 e. The van der Waals surface area contributed by atoms with Gasteiger partial charge in [-0.1, -0.05) is 13.8 Å². The lowest BCUT2D eigenvalue weighted by atomic mass is 9.95. The second-order valence-electron chi connectivity index (χ2n) is 4.96. The van der Waals surface area contributed by atoms with Crippen LogP contribution in [0.3, 0.4) is 0 Å². The van der Waals surface area contributed by atoms with Gasteiger partial charge in [-0.2, -0.15) is 0 Å². The minimum Gasteiger partial charge on any atom is -0.374 e. The summed E-state index contributed by atoms with van der Waals surface area (Å²) in [6, 6.07) is 4.47. The Morgan fingerprint density at radius 1 is 1.35 bits per heavy atom. The summed E-state index contributed by atoms with van der Waals surface area (Å²) >= 11 is 0. The lowest BCUT2D eigenvalue weighted by molar-refractivity contribution is -0.384. The highest BCUT2D eigenvalue weighted by Gasteiger charge is 2.24. The highest BCUT2D eigenvalue weighted by atomic mass is 16.6. The number of anilines is 1. The van der Waals surface area contributed by atoms with Crippen molar-refractivity contribution in [2.75, 3.05) is 12.4 Å². The van der Waals surface area contributed by atoms with Crippen molar-refractivity contribution in [3.05, 3.63) is 33.9 Å². The number of hydrogen-bond acceptors (Lipinski definition) is 4. The number of benzene rings is 1. The fraction of sp³-hybridized carbons (Fsp3) is 0.500. The van der Waals surface area contributed by atoms with Crippen LogP contribution in [0.1, 0.15) is 44.0 Å². The largest absolute Gasteiger partial charge is 0.374 e. The van der Waals surface area contributed by atoms with E-state index in [1.807, 2.05) is 20.8 Å². The van der Waals surface area contributed by atoms with Crippen LogP contribution in [-0.2, 0) is 0 Å². The third-order valence-corrected chi connectivity index (χ3v) is 3.68. The molecule has 0 spiro atoms. The summed E-state index contributed by atoms with van der Waals surface area (Å²) in [5.74, 6) is -0.339. The van der Waals surface area contributed by atoms with Gasteiger partial charge in [0.05, 0.1) is 4.92 Å². The van der Waals surface area contributed by atoms with Gasteiger partial charge < -0.3 is 10.6 Å². The van der Waals surface area contributed by atoms with Gasteiger partial charge in [0, 0.05) is 24.2 Å². The number of nitro benzene ring substituents is 1. The Kier molecular flexibility index (Phi) is 5.07. The average molecular weight is 279 g/mol. The molecule has 0 unspecified atom stereocenters. The Bertz CT molecular complexity index is 510. The van der Waals surface area contributed by atoms with E-state index in [1.54, 1.807) is 12.1 Å². The van der Waals surface area contributed by atoms with Crippen molar-refractivity contribution in [1.29, 1.82) is 0 Å². The molecule has 0 aromatic heterocycles. The van der Waals surface area contributed by atoms with Gasteiger partial charge in [-0.05, 0) is 31.9 Å².